The van der Waals surface area contributed by atoms with E-state index in [1.807, 2.05) is 0 Å². The lowest BCUT2D eigenvalue weighted by atomic mass is 9.87. The summed E-state index contributed by atoms with van der Waals surface area (Å²) < 4.78 is 4.69. The zero-order valence-corrected chi connectivity index (χ0v) is 6.66. The van der Waals surface area contributed by atoms with Gasteiger partial charge in [0.15, 0.2) is 0 Å². The summed E-state index contributed by atoms with van der Waals surface area (Å²) in [6.45, 7) is 1.10. The molecule has 2 N–H and O–H groups in total. The van der Waals surface area contributed by atoms with E-state index in [1.54, 1.807) is 0 Å². The molecule has 0 aromatic carbocycles. The lowest BCUT2D eigenvalue weighted by molar-refractivity contribution is -0.130. The number of carbonyl (C=O) groups is 1. The summed E-state index contributed by atoms with van der Waals surface area (Å²) in [7, 11) is 0. The Balaban J connectivity index is 2.12. The number of rotatable bonds is 3. The molecule has 0 bridgehead atoms. The monoisotopic (exact) mass is 157 g/mol. The molecule has 3 nitrogen and oxygen atoms in total. The van der Waals surface area contributed by atoms with Gasteiger partial charge in [0.25, 0.3) is 6.47 Å². The highest BCUT2D eigenvalue weighted by Crippen LogP contribution is 2.22. The molecule has 1 aliphatic carbocycles. The minimum atomic E-state index is 0.377. The second kappa shape index (κ2) is 4.34. The smallest absolute Gasteiger partial charge is 0.293 e. The van der Waals surface area contributed by atoms with Gasteiger partial charge in [0.2, 0.25) is 0 Å². The van der Waals surface area contributed by atoms with Crippen molar-refractivity contribution < 1.29 is 9.53 Å². The SMILES string of the molecule is NC1CCC(COC=O)CC1. The van der Waals surface area contributed by atoms with E-state index in [2.05, 4.69) is 4.74 Å². The number of hydrogen-bond acceptors (Lipinski definition) is 3. The van der Waals surface area contributed by atoms with Crippen LogP contribution in [-0.4, -0.2) is 19.1 Å². The Kier molecular flexibility index (Phi) is 3.36. The molecular formula is C8H15NO2. The quantitative estimate of drug-likeness (QED) is 0.613. The van der Waals surface area contributed by atoms with Gasteiger partial charge in [-0.2, -0.15) is 0 Å². The Morgan fingerprint density at radius 1 is 1.36 bits per heavy atom. The minimum absolute atomic E-state index is 0.377. The third kappa shape index (κ3) is 2.89. The van der Waals surface area contributed by atoms with Crippen molar-refractivity contribution in [2.24, 2.45) is 11.7 Å². The third-order valence-electron chi connectivity index (χ3n) is 2.29. The van der Waals surface area contributed by atoms with Gasteiger partial charge in [-0.3, -0.25) is 4.79 Å². The van der Waals surface area contributed by atoms with Crippen LogP contribution in [-0.2, 0) is 9.53 Å². The minimum Gasteiger partial charge on any atom is -0.468 e. The summed E-state index contributed by atoms with van der Waals surface area (Å²) in [6, 6.07) is 0.377. The first kappa shape index (κ1) is 8.53. The molecule has 0 amide bonds. The summed E-state index contributed by atoms with van der Waals surface area (Å²) >= 11 is 0. The molecule has 1 aliphatic rings. The maximum absolute atomic E-state index is 9.86. The van der Waals surface area contributed by atoms with Crippen molar-refractivity contribution in [3.63, 3.8) is 0 Å². The standard InChI is InChI=1S/C8H15NO2/c9-8-3-1-7(2-4-8)5-11-6-10/h6-8H,1-5,9H2. The molecule has 0 radical (unpaired) electrons. The van der Waals surface area contributed by atoms with Crippen molar-refractivity contribution in [1.82, 2.24) is 0 Å². The van der Waals surface area contributed by atoms with Crippen molar-refractivity contribution in [2.45, 2.75) is 31.7 Å². The Bertz CT molecular complexity index is 119. The van der Waals surface area contributed by atoms with E-state index in [4.69, 9.17) is 5.73 Å². The zero-order valence-electron chi connectivity index (χ0n) is 6.66. The molecule has 0 heterocycles. The fraction of sp³-hybridized carbons (Fsp3) is 0.875. The van der Waals surface area contributed by atoms with Gasteiger partial charge in [-0.15, -0.1) is 0 Å². The largest absolute Gasteiger partial charge is 0.468 e. The normalized spacial score (nSPS) is 31.4. The Morgan fingerprint density at radius 3 is 2.55 bits per heavy atom. The van der Waals surface area contributed by atoms with Crippen LogP contribution in [0.3, 0.4) is 0 Å². The Morgan fingerprint density at radius 2 is 2.00 bits per heavy atom. The molecule has 0 atom stereocenters. The highest BCUT2D eigenvalue weighted by Gasteiger charge is 2.18. The van der Waals surface area contributed by atoms with Gasteiger partial charge >= 0.3 is 0 Å². The van der Waals surface area contributed by atoms with Crippen molar-refractivity contribution >= 4 is 6.47 Å². The first-order valence-electron chi connectivity index (χ1n) is 4.13. The molecule has 3 heteroatoms. The summed E-state index contributed by atoms with van der Waals surface area (Å²) in [5, 5.41) is 0. The summed E-state index contributed by atoms with van der Waals surface area (Å²) in [4.78, 5) is 9.86. The maximum atomic E-state index is 9.86. The maximum Gasteiger partial charge on any atom is 0.293 e. The fourth-order valence-electron chi connectivity index (χ4n) is 1.53. The number of hydrogen-bond donors (Lipinski definition) is 1. The number of ether oxygens (including phenoxy) is 1. The van der Waals surface area contributed by atoms with E-state index in [1.165, 1.54) is 0 Å². The third-order valence-corrected chi connectivity index (χ3v) is 2.29. The predicted octanol–water partition coefficient (Wildman–Crippen LogP) is 0.677. The van der Waals surface area contributed by atoms with Gasteiger partial charge in [0.05, 0.1) is 6.61 Å². The molecule has 0 spiro atoms. The molecule has 0 saturated heterocycles. The average molecular weight is 157 g/mol. The van der Waals surface area contributed by atoms with Crippen molar-refractivity contribution in [1.29, 1.82) is 0 Å². The molecular weight excluding hydrogens is 142 g/mol. The molecule has 64 valence electrons. The lowest BCUT2D eigenvalue weighted by Crippen LogP contribution is -2.28. The summed E-state index contributed by atoms with van der Waals surface area (Å²) in [6.07, 6.45) is 4.36. The van der Waals surface area contributed by atoms with Crippen molar-refractivity contribution in [3.05, 3.63) is 0 Å². The van der Waals surface area contributed by atoms with E-state index in [9.17, 15) is 4.79 Å². The average Bonchev–Trinajstić information content (AvgIpc) is 2.04. The zero-order chi connectivity index (χ0) is 8.10. The van der Waals surface area contributed by atoms with Gasteiger partial charge in [-0.1, -0.05) is 0 Å². The Hall–Kier alpha value is -0.570. The molecule has 0 aromatic rings. The van der Waals surface area contributed by atoms with E-state index in [-0.39, 0.29) is 0 Å². The molecule has 1 rings (SSSR count). The van der Waals surface area contributed by atoms with Gasteiger partial charge in [0, 0.05) is 6.04 Å². The van der Waals surface area contributed by atoms with Crippen LogP contribution in [0.15, 0.2) is 0 Å². The summed E-state index contributed by atoms with van der Waals surface area (Å²) in [5.41, 5.74) is 5.72. The van der Waals surface area contributed by atoms with E-state index in [0.29, 0.717) is 25.0 Å². The molecule has 0 aliphatic heterocycles. The van der Waals surface area contributed by atoms with Gasteiger partial charge in [-0.25, -0.2) is 0 Å². The van der Waals surface area contributed by atoms with Gasteiger partial charge < -0.3 is 10.5 Å². The Labute approximate surface area is 66.9 Å². The first-order valence-corrected chi connectivity index (χ1v) is 4.13. The number of carbonyl (C=O) groups excluding carboxylic acids is 1. The number of nitrogens with two attached hydrogens (primary N) is 1. The molecule has 1 saturated carbocycles. The van der Waals surface area contributed by atoms with Crippen LogP contribution in [0.2, 0.25) is 0 Å². The van der Waals surface area contributed by atoms with Gasteiger partial charge in [-0.05, 0) is 31.6 Å². The molecule has 11 heavy (non-hydrogen) atoms. The van der Waals surface area contributed by atoms with E-state index in [0.717, 1.165) is 25.7 Å². The van der Waals surface area contributed by atoms with Crippen LogP contribution in [0, 0.1) is 5.92 Å². The summed E-state index contributed by atoms with van der Waals surface area (Å²) in [5.74, 6) is 0.556. The van der Waals surface area contributed by atoms with Crippen LogP contribution in [0.5, 0.6) is 0 Å². The van der Waals surface area contributed by atoms with Crippen LogP contribution < -0.4 is 5.73 Å². The van der Waals surface area contributed by atoms with Crippen molar-refractivity contribution in [3.8, 4) is 0 Å². The van der Waals surface area contributed by atoms with Crippen molar-refractivity contribution in [2.75, 3.05) is 6.61 Å². The topological polar surface area (TPSA) is 52.3 Å². The van der Waals surface area contributed by atoms with Crippen LogP contribution >= 0.6 is 0 Å². The van der Waals surface area contributed by atoms with Gasteiger partial charge in [0.1, 0.15) is 0 Å². The van der Waals surface area contributed by atoms with Crippen LogP contribution in [0.1, 0.15) is 25.7 Å². The van der Waals surface area contributed by atoms with Crippen LogP contribution in [0.4, 0.5) is 0 Å². The highest BCUT2D eigenvalue weighted by atomic mass is 16.5. The second-order valence-electron chi connectivity index (χ2n) is 3.21. The predicted molar refractivity (Wildman–Crippen MR) is 41.9 cm³/mol. The lowest BCUT2D eigenvalue weighted by Gasteiger charge is -2.24. The van der Waals surface area contributed by atoms with E-state index >= 15 is 0 Å². The second-order valence-corrected chi connectivity index (χ2v) is 3.21. The fourth-order valence-corrected chi connectivity index (χ4v) is 1.53. The first-order chi connectivity index (χ1) is 5.33. The highest BCUT2D eigenvalue weighted by molar-refractivity contribution is 5.36. The molecule has 1 fully saturated rings. The molecule has 0 aromatic heterocycles. The van der Waals surface area contributed by atoms with Crippen LogP contribution in [0.25, 0.3) is 0 Å². The molecule has 0 unspecified atom stereocenters. The van der Waals surface area contributed by atoms with E-state index < -0.39 is 0 Å².